The number of hydrogen-bond donors (Lipinski definition) is 7. The highest BCUT2D eigenvalue weighted by Gasteiger charge is 2.32. The Labute approximate surface area is 342 Å². The van der Waals surface area contributed by atoms with Crippen molar-refractivity contribution in [1.29, 1.82) is 0 Å². The number of rotatable bonds is 22. The molecule has 2 aromatic rings. The van der Waals surface area contributed by atoms with Crippen LogP contribution in [-0.2, 0) is 40.5 Å². The maximum absolute atomic E-state index is 13.7. The first-order chi connectivity index (χ1) is 27.5. The molecule has 0 aliphatic rings. The number of sulfonamides is 1. The minimum Gasteiger partial charge on any atom is -0.444 e. The summed E-state index contributed by atoms with van der Waals surface area (Å²) in [5.74, 6) is -2.63. The Balaban J connectivity index is 2.08. The molecule has 21 nitrogen and oxygen atoms in total. The summed E-state index contributed by atoms with van der Waals surface area (Å²) in [7, 11) is -3.86. The van der Waals surface area contributed by atoms with Crippen molar-refractivity contribution in [1.82, 2.24) is 26.0 Å². The second-order valence-corrected chi connectivity index (χ2v) is 16.4. The number of anilines is 1. The number of nitrogens with two attached hydrogens (primary N) is 1. The molecule has 0 aliphatic heterocycles. The number of nitro benzene ring substituents is 1. The summed E-state index contributed by atoms with van der Waals surface area (Å²) in [6, 6.07) is 6.57. The summed E-state index contributed by atoms with van der Waals surface area (Å²) in [6.07, 6.45) is 0.226. The lowest BCUT2D eigenvalue weighted by Gasteiger charge is -2.27. The van der Waals surface area contributed by atoms with Gasteiger partial charge in [-0.2, -0.15) is 0 Å². The Bertz CT molecular complexity index is 1870. The van der Waals surface area contributed by atoms with Crippen LogP contribution >= 0.6 is 0 Å². The molecular formula is C37H54N8O13S. The van der Waals surface area contributed by atoms with Gasteiger partial charge in [-0.25, -0.2) is 27.5 Å². The van der Waals surface area contributed by atoms with Crippen molar-refractivity contribution in [2.24, 2.45) is 11.7 Å². The van der Waals surface area contributed by atoms with Crippen molar-refractivity contribution in [3.05, 3.63) is 64.2 Å². The molecule has 2 rings (SSSR count). The molecule has 3 atom stereocenters. The molecule has 22 heteroatoms. The monoisotopic (exact) mass is 850 g/mol. The summed E-state index contributed by atoms with van der Waals surface area (Å²) in [5.41, 5.74) is 5.11. The van der Waals surface area contributed by atoms with E-state index in [9.17, 15) is 47.3 Å². The molecule has 0 saturated carbocycles. The molecule has 0 aliphatic carbocycles. The predicted octanol–water partition coefficient (Wildman–Crippen LogP) is 2.94. The van der Waals surface area contributed by atoms with Crippen LogP contribution < -0.4 is 41.8 Å². The molecule has 0 unspecified atom stereocenters. The van der Waals surface area contributed by atoms with Crippen LogP contribution in [-0.4, -0.2) is 92.4 Å². The minimum absolute atomic E-state index is 0.0367. The first-order valence-corrected chi connectivity index (χ1v) is 20.5. The number of hydrogen-bond acceptors (Lipinski definition) is 13. The van der Waals surface area contributed by atoms with Crippen molar-refractivity contribution in [2.75, 3.05) is 24.7 Å². The van der Waals surface area contributed by atoms with Gasteiger partial charge in [0.1, 0.15) is 36.1 Å². The minimum atomic E-state index is -3.86. The van der Waals surface area contributed by atoms with Gasteiger partial charge in [0.15, 0.2) is 0 Å². The number of ether oxygens (including phenoxy) is 3. The van der Waals surface area contributed by atoms with E-state index in [1.807, 2.05) is 0 Å². The van der Waals surface area contributed by atoms with Crippen molar-refractivity contribution in [3.8, 4) is 5.75 Å². The predicted molar refractivity (Wildman–Crippen MR) is 214 cm³/mol. The molecule has 0 saturated heterocycles. The smallest absolute Gasteiger partial charge is 0.444 e. The molecule has 6 amide bonds. The second kappa shape index (κ2) is 23.4. The number of primary amides is 1. The molecular weight excluding hydrogens is 797 g/mol. The van der Waals surface area contributed by atoms with E-state index in [0.717, 1.165) is 6.26 Å². The number of benzene rings is 2. The SMILES string of the molecule is CC(C)[C@H](NC(=O)[C@H](CCCCNC(=O)OC(C)(C)C)NS(C)(=O)=O)C(=O)N[C@@H](CCCNC(N)=O)C(=O)Nc1ccc(COC(=O)Oc2ccc([N+](=O)[O-])cc2)cc1. The second-order valence-electron chi connectivity index (χ2n) is 14.7. The van der Waals surface area contributed by atoms with E-state index in [0.29, 0.717) is 24.1 Å². The summed E-state index contributed by atoms with van der Waals surface area (Å²) >= 11 is 0. The fourth-order valence-corrected chi connectivity index (χ4v) is 5.88. The van der Waals surface area contributed by atoms with Crippen molar-refractivity contribution in [3.63, 3.8) is 0 Å². The third-order valence-electron chi connectivity index (χ3n) is 7.94. The van der Waals surface area contributed by atoms with Gasteiger partial charge in [-0.1, -0.05) is 26.0 Å². The summed E-state index contributed by atoms with van der Waals surface area (Å²) in [6.45, 7) is 8.55. The van der Waals surface area contributed by atoms with Gasteiger partial charge in [0, 0.05) is 30.9 Å². The number of alkyl carbamates (subject to hydrolysis) is 1. The Morgan fingerprint density at radius 2 is 1.42 bits per heavy atom. The standard InChI is InChI=1S/C37H54N8O13S/c1-23(2)30(43-32(47)29(44-59(6,54)55)10-7-8-20-40-35(50)58-37(3,4)5)33(48)42-28(11-9-21-39-34(38)49)31(46)41-25-14-12-24(13-15-25)22-56-36(51)57-27-18-16-26(17-19-27)45(52)53/h12-19,23,28-30,44H,7-11,20-22H2,1-6H3,(H,40,50)(H,41,46)(H,42,48)(H,43,47)(H3,38,39,49)/t28-,29-,30-/m0/s1. The topological polar surface area (TPSA) is 306 Å². The molecule has 0 spiro atoms. The van der Waals surface area contributed by atoms with Crippen LogP contribution in [0, 0.1) is 16.0 Å². The fourth-order valence-electron chi connectivity index (χ4n) is 5.13. The van der Waals surface area contributed by atoms with Crippen molar-refractivity contribution < 1.29 is 56.3 Å². The van der Waals surface area contributed by atoms with Crippen molar-refractivity contribution in [2.45, 2.75) is 97.1 Å². The molecule has 0 heterocycles. The highest BCUT2D eigenvalue weighted by Crippen LogP contribution is 2.19. The highest BCUT2D eigenvalue weighted by molar-refractivity contribution is 7.88. The van der Waals surface area contributed by atoms with Gasteiger partial charge in [-0.15, -0.1) is 0 Å². The lowest BCUT2D eigenvalue weighted by molar-refractivity contribution is -0.384. The number of non-ortho nitro benzene ring substituents is 1. The average molecular weight is 851 g/mol. The summed E-state index contributed by atoms with van der Waals surface area (Å²) in [5, 5.41) is 23.8. The van der Waals surface area contributed by atoms with Crippen LogP contribution in [0.25, 0.3) is 0 Å². The Morgan fingerprint density at radius 1 is 0.814 bits per heavy atom. The van der Waals surface area contributed by atoms with E-state index in [2.05, 4.69) is 31.3 Å². The number of carbonyl (C=O) groups excluding carboxylic acids is 6. The average Bonchev–Trinajstić information content (AvgIpc) is 3.12. The first kappa shape index (κ1) is 49.1. The number of urea groups is 1. The zero-order valence-electron chi connectivity index (χ0n) is 33.8. The quantitative estimate of drug-likeness (QED) is 0.0295. The molecule has 8 N–H and O–H groups in total. The number of nitrogens with zero attached hydrogens (tertiary/aromatic N) is 1. The Kier molecular flexibility index (Phi) is 19.5. The third-order valence-corrected chi connectivity index (χ3v) is 8.65. The summed E-state index contributed by atoms with van der Waals surface area (Å²) in [4.78, 5) is 86.1. The van der Waals surface area contributed by atoms with Gasteiger partial charge in [0.25, 0.3) is 5.69 Å². The maximum Gasteiger partial charge on any atom is 0.514 e. The van der Waals surface area contributed by atoms with Crippen LogP contribution in [0.5, 0.6) is 5.75 Å². The van der Waals surface area contributed by atoms with Crippen LogP contribution in [0.4, 0.5) is 25.8 Å². The number of amides is 6. The normalized spacial score (nSPS) is 12.9. The summed E-state index contributed by atoms with van der Waals surface area (Å²) < 4.78 is 41.9. The van der Waals surface area contributed by atoms with E-state index in [1.165, 1.54) is 36.4 Å². The Morgan fingerprint density at radius 3 is 1.98 bits per heavy atom. The van der Waals surface area contributed by atoms with Gasteiger partial charge in [-0.05, 0) is 88.6 Å². The zero-order chi connectivity index (χ0) is 44.3. The lowest BCUT2D eigenvalue weighted by Crippen LogP contribution is -2.57. The van der Waals surface area contributed by atoms with Gasteiger partial charge >= 0.3 is 18.3 Å². The molecule has 0 radical (unpaired) electrons. The number of nitrogens with one attached hydrogen (secondary N) is 6. The van der Waals surface area contributed by atoms with Crippen LogP contribution in [0.1, 0.15) is 72.3 Å². The van der Waals surface area contributed by atoms with Crippen LogP contribution in [0.15, 0.2) is 48.5 Å². The molecule has 0 aromatic heterocycles. The van der Waals surface area contributed by atoms with E-state index in [1.54, 1.807) is 46.8 Å². The van der Waals surface area contributed by atoms with Gasteiger partial charge in [0.05, 0.1) is 11.2 Å². The molecule has 326 valence electrons. The number of unbranched alkanes of at least 4 members (excludes halogenated alkanes) is 1. The third kappa shape index (κ3) is 20.3. The van der Waals surface area contributed by atoms with Gasteiger partial charge in [-0.3, -0.25) is 24.5 Å². The number of carbonyl (C=O) groups is 6. The van der Waals surface area contributed by atoms with Crippen LogP contribution in [0.2, 0.25) is 0 Å². The maximum atomic E-state index is 13.7. The highest BCUT2D eigenvalue weighted by atomic mass is 32.2. The molecule has 2 aromatic carbocycles. The Hall–Kier alpha value is -6.03. The first-order valence-electron chi connectivity index (χ1n) is 18.6. The number of nitro groups is 1. The van der Waals surface area contributed by atoms with Crippen molar-refractivity contribution >= 4 is 57.4 Å². The molecule has 0 fully saturated rings. The van der Waals surface area contributed by atoms with E-state index in [4.69, 9.17) is 19.9 Å². The van der Waals surface area contributed by atoms with E-state index < -0.39 is 80.6 Å². The van der Waals surface area contributed by atoms with Gasteiger partial charge in [0.2, 0.25) is 27.7 Å². The largest absolute Gasteiger partial charge is 0.514 e. The zero-order valence-corrected chi connectivity index (χ0v) is 34.6. The lowest BCUT2D eigenvalue weighted by atomic mass is 10.0. The fraction of sp³-hybridized carbons (Fsp3) is 0.514. The van der Waals surface area contributed by atoms with E-state index in [-0.39, 0.29) is 50.4 Å². The van der Waals surface area contributed by atoms with Gasteiger partial charge < -0.3 is 46.5 Å². The van der Waals surface area contributed by atoms with E-state index >= 15 is 0 Å². The molecule has 0 bridgehead atoms. The molecule has 59 heavy (non-hydrogen) atoms. The van der Waals surface area contributed by atoms with Crippen LogP contribution in [0.3, 0.4) is 0 Å².